The van der Waals surface area contributed by atoms with Crippen LogP contribution < -0.4 is 19.5 Å². The van der Waals surface area contributed by atoms with E-state index < -0.39 is 0 Å². The van der Waals surface area contributed by atoms with E-state index in [1.165, 1.54) is 7.11 Å². The first-order valence-electron chi connectivity index (χ1n) is 8.82. The first kappa shape index (κ1) is 19.8. The number of carbonyl (C=O) groups is 1. The molecule has 0 bridgehead atoms. The van der Waals surface area contributed by atoms with Gasteiger partial charge in [-0.3, -0.25) is 9.78 Å². The van der Waals surface area contributed by atoms with E-state index in [2.05, 4.69) is 10.3 Å². The van der Waals surface area contributed by atoms with Crippen LogP contribution in [0.3, 0.4) is 0 Å². The smallest absolute Gasteiger partial charge is 0.255 e. The number of benzene rings is 2. The average molecular weight is 401 g/mol. The molecular weight excluding hydrogens is 380 g/mol. The molecule has 6 nitrogen and oxygen atoms in total. The summed E-state index contributed by atoms with van der Waals surface area (Å²) in [6.45, 7) is 2.50. The van der Waals surface area contributed by atoms with E-state index >= 15 is 0 Å². The predicted octanol–water partition coefficient (Wildman–Crippen LogP) is 4.95. The zero-order valence-electron chi connectivity index (χ0n) is 15.9. The Bertz CT molecular complexity index is 1010. The number of fused-ring (bicyclic) bond motifs is 1. The lowest BCUT2D eigenvalue weighted by Crippen LogP contribution is -2.13. The van der Waals surface area contributed by atoms with E-state index in [9.17, 15) is 4.79 Å². The molecule has 0 radical (unpaired) electrons. The van der Waals surface area contributed by atoms with Crippen LogP contribution in [0.1, 0.15) is 23.7 Å². The van der Waals surface area contributed by atoms with Crippen LogP contribution in [0.4, 0.5) is 5.69 Å². The molecule has 7 heteroatoms. The summed E-state index contributed by atoms with van der Waals surface area (Å²) < 4.78 is 16.3. The number of rotatable bonds is 7. The van der Waals surface area contributed by atoms with Gasteiger partial charge in [-0.15, -0.1) is 0 Å². The number of aromatic nitrogens is 1. The zero-order valence-corrected chi connectivity index (χ0v) is 16.7. The molecule has 146 valence electrons. The molecule has 0 spiro atoms. The molecule has 3 rings (SSSR count). The van der Waals surface area contributed by atoms with Crippen molar-refractivity contribution in [1.82, 2.24) is 4.98 Å². The van der Waals surface area contributed by atoms with Crippen molar-refractivity contribution in [1.29, 1.82) is 0 Å². The molecule has 28 heavy (non-hydrogen) atoms. The van der Waals surface area contributed by atoms with Gasteiger partial charge in [0.15, 0.2) is 11.5 Å². The van der Waals surface area contributed by atoms with Crippen LogP contribution in [0, 0.1) is 0 Å². The average Bonchev–Trinajstić information content (AvgIpc) is 2.72. The fourth-order valence-electron chi connectivity index (χ4n) is 2.81. The summed E-state index contributed by atoms with van der Waals surface area (Å²) in [5.74, 6) is 1.15. The summed E-state index contributed by atoms with van der Waals surface area (Å²) in [7, 11) is 3.09. The largest absolute Gasteiger partial charge is 0.494 e. The van der Waals surface area contributed by atoms with Gasteiger partial charge in [-0.25, -0.2) is 0 Å². The van der Waals surface area contributed by atoms with Gasteiger partial charge in [0, 0.05) is 17.1 Å². The van der Waals surface area contributed by atoms with Crippen molar-refractivity contribution in [2.75, 3.05) is 26.1 Å². The van der Waals surface area contributed by atoms with Crippen LogP contribution in [-0.2, 0) is 0 Å². The number of nitrogens with one attached hydrogen (secondary N) is 1. The third-order valence-corrected chi connectivity index (χ3v) is 4.42. The van der Waals surface area contributed by atoms with Crippen molar-refractivity contribution >= 4 is 34.1 Å². The van der Waals surface area contributed by atoms with Crippen molar-refractivity contribution in [3.63, 3.8) is 0 Å². The highest BCUT2D eigenvalue weighted by Crippen LogP contribution is 2.37. The Morgan fingerprint density at radius 1 is 1.14 bits per heavy atom. The van der Waals surface area contributed by atoms with Crippen molar-refractivity contribution in [3.05, 3.63) is 53.2 Å². The summed E-state index contributed by atoms with van der Waals surface area (Å²) in [4.78, 5) is 17.2. The standard InChI is InChI=1S/C21H21ClN2O4/c1-4-10-28-20-15(22)11-13(12-18(20)27-3)21(25)24-16-7-8-17(26-2)19-14(16)6-5-9-23-19/h5-9,11-12H,4,10H2,1-3H3,(H,24,25). The van der Waals surface area contributed by atoms with Gasteiger partial charge in [-0.1, -0.05) is 18.5 Å². The summed E-state index contributed by atoms with van der Waals surface area (Å²) in [6, 6.07) is 10.4. The monoisotopic (exact) mass is 400 g/mol. The molecule has 0 aliphatic carbocycles. The minimum absolute atomic E-state index is 0.319. The van der Waals surface area contributed by atoms with Crippen LogP contribution >= 0.6 is 11.6 Å². The molecule has 3 aromatic rings. The Morgan fingerprint density at radius 2 is 1.93 bits per heavy atom. The third kappa shape index (κ3) is 3.97. The van der Waals surface area contributed by atoms with Gasteiger partial charge < -0.3 is 19.5 Å². The molecule has 0 unspecified atom stereocenters. The highest BCUT2D eigenvalue weighted by Gasteiger charge is 2.17. The zero-order chi connectivity index (χ0) is 20.1. The molecule has 0 atom stereocenters. The lowest BCUT2D eigenvalue weighted by molar-refractivity contribution is 0.102. The van der Waals surface area contributed by atoms with Crippen LogP contribution in [0.5, 0.6) is 17.2 Å². The summed E-state index contributed by atoms with van der Waals surface area (Å²) in [6.07, 6.45) is 2.51. The second kappa shape index (κ2) is 8.80. The Kier molecular flexibility index (Phi) is 6.21. The maximum Gasteiger partial charge on any atom is 0.255 e. The fraction of sp³-hybridized carbons (Fsp3) is 0.238. The Balaban J connectivity index is 1.94. The van der Waals surface area contributed by atoms with Gasteiger partial charge >= 0.3 is 0 Å². The lowest BCUT2D eigenvalue weighted by Gasteiger charge is -2.14. The first-order chi connectivity index (χ1) is 13.6. The quantitative estimate of drug-likeness (QED) is 0.607. The van der Waals surface area contributed by atoms with Gasteiger partial charge in [0.1, 0.15) is 11.3 Å². The molecule has 1 heterocycles. The maximum absolute atomic E-state index is 12.8. The lowest BCUT2D eigenvalue weighted by atomic mass is 10.1. The highest BCUT2D eigenvalue weighted by atomic mass is 35.5. The second-order valence-corrected chi connectivity index (χ2v) is 6.41. The normalized spacial score (nSPS) is 10.6. The number of amides is 1. The van der Waals surface area contributed by atoms with Gasteiger partial charge in [-0.05, 0) is 42.8 Å². The summed E-state index contributed by atoms with van der Waals surface area (Å²) in [5, 5.41) is 4.00. The number of nitrogens with zero attached hydrogens (tertiary/aromatic N) is 1. The van der Waals surface area contributed by atoms with E-state index in [0.717, 1.165) is 11.8 Å². The Labute approximate surface area is 168 Å². The third-order valence-electron chi connectivity index (χ3n) is 4.14. The van der Waals surface area contributed by atoms with Crippen LogP contribution in [0.15, 0.2) is 42.6 Å². The number of anilines is 1. The molecule has 1 N–H and O–H groups in total. The highest BCUT2D eigenvalue weighted by molar-refractivity contribution is 6.32. The van der Waals surface area contributed by atoms with E-state index in [1.807, 2.05) is 13.0 Å². The van der Waals surface area contributed by atoms with Gasteiger partial charge in [0.25, 0.3) is 5.91 Å². The van der Waals surface area contributed by atoms with Crippen molar-refractivity contribution in [2.45, 2.75) is 13.3 Å². The minimum atomic E-state index is -0.322. The number of hydrogen-bond donors (Lipinski definition) is 1. The number of halogens is 1. The topological polar surface area (TPSA) is 69.7 Å². The van der Waals surface area contributed by atoms with E-state index in [4.69, 9.17) is 25.8 Å². The molecule has 0 saturated heterocycles. The molecule has 0 fully saturated rings. The Hall–Kier alpha value is -2.99. The van der Waals surface area contributed by atoms with Crippen molar-refractivity contribution < 1.29 is 19.0 Å². The summed E-state index contributed by atoms with van der Waals surface area (Å²) in [5.41, 5.74) is 1.65. The molecule has 2 aromatic carbocycles. The number of hydrogen-bond acceptors (Lipinski definition) is 5. The molecule has 0 aliphatic heterocycles. The number of pyridine rings is 1. The van der Waals surface area contributed by atoms with Crippen LogP contribution in [0.2, 0.25) is 5.02 Å². The van der Waals surface area contributed by atoms with Gasteiger partial charge in [0.05, 0.1) is 31.5 Å². The molecule has 0 aliphatic rings. The van der Waals surface area contributed by atoms with Gasteiger partial charge in [0.2, 0.25) is 0 Å². The van der Waals surface area contributed by atoms with E-state index in [1.54, 1.807) is 43.6 Å². The molecule has 1 amide bonds. The number of ether oxygens (including phenoxy) is 3. The van der Waals surface area contributed by atoms with Crippen LogP contribution in [0.25, 0.3) is 10.9 Å². The molecule has 0 saturated carbocycles. The predicted molar refractivity (Wildman–Crippen MR) is 110 cm³/mol. The number of methoxy groups -OCH3 is 2. The Morgan fingerprint density at radius 3 is 2.64 bits per heavy atom. The SMILES string of the molecule is CCCOc1c(Cl)cc(C(=O)Nc2ccc(OC)c3ncccc23)cc1OC. The van der Waals surface area contributed by atoms with E-state index in [0.29, 0.717) is 45.6 Å². The number of carbonyl (C=O) groups excluding carboxylic acids is 1. The minimum Gasteiger partial charge on any atom is -0.494 e. The molecule has 1 aromatic heterocycles. The fourth-order valence-corrected chi connectivity index (χ4v) is 3.08. The van der Waals surface area contributed by atoms with E-state index in [-0.39, 0.29) is 5.91 Å². The van der Waals surface area contributed by atoms with Crippen LogP contribution in [-0.4, -0.2) is 31.7 Å². The first-order valence-corrected chi connectivity index (χ1v) is 9.20. The second-order valence-electron chi connectivity index (χ2n) is 6.01. The van der Waals surface area contributed by atoms with Gasteiger partial charge in [-0.2, -0.15) is 0 Å². The van der Waals surface area contributed by atoms with Crippen molar-refractivity contribution in [3.8, 4) is 17.2 Å². The maximum atomic E-state index is 12.8. The summed E-state index contributed by atoms with van der Waals surface area (Å²) >= 11 is 6.32. The molecular formula is C21H21ClN2O4. The van der Waals surface area contributed by atoms with Crippen molar-refractivity contribution in [2.24, 2.45) is 0 Å².